The van der Waals surface area contributed by atoms with Crippen LogP contribution in [-0.4, -0.2) is 24.8 Å². The molecule has 3 rings (SSSR count). The number of piperidine rings is 1. The van der Waals surface area contributed by atoms with Crippen LogP contribution in [0.1, 0.15) is 35.7 Å². The van der Waals surface area contributed by atoms with Gasteiger partial charge >= 0.3 is 0 Å². The highest BCUT2D eigenvalue weighted by Crippen LogP contribution is 2.25. The maximum Gasteiger partial charge on any atom is 0.227 e. The average molecular weight is 336 g/mol. The number of Topliss-reactive ketones (excluding diaryl/α,β-unsaturated/α-hetero) is 1. The Morgan fingerprint density at radius 2 is 1.72 bits per heavy atom. The number of hydrogen-bond acceptors (Lipinski definition) is 3. The number of anilines is 2. The molecule has 0 spiro atoms. The topological polar surface area (TPSA) is 49.4 Å². The Hall–Kier alpha value is -2.62. The van der Waals surface area contributed by atoms with Crippen molar-refractivity contribution in [3.05, 3.63) is 59.7 Å². The smallest absolute Gasteiger partial charge is 0.227 e. The molecule has 4 heteroatoms. The lowest BCUT2D eigenvalue weighted by Gasteiger charge is -2.33. The molecule has 0 bridgehead atoms. The Morgan fingerprint density at radius 3 is 2.36 bits per heavy atom. The molecule has 1 amide bonds. The minimum absolute atomic E-state index is 0.00232. The Balaban J connectivity index is 1.57. The van der Waals surface area contributed by atoms with Crippen molar-refractivity contribution in [1.29, 1.82) is 0 Å². The van der Waals surface area contributed by atoms with Gasteiger partial charge in [0.15, 0.2) is 5.78 Å². The van der Waals surface area contributed by atoms with Gasteiger partial charge < -0.3 is 10.2 Å². The number of benzene rings is 2. The van der Waals surface area contributed by atoms with Gasteiger partial charge in [-0.15, -0.1) is 0 Å². The molecule has 130 valence electrons. The third-order valence-corrected chi connectivity index (χ3v) is 4.80. The summed E-state index contributed by atoms with van der Waals surface area (Å²) in [5, 5.41) is 2.96. The van der Waals surface area contributed by atoms with Crippen LogP contribution in [0.15, 0.2) is 48.5 Å². The lowest BCUT2D eigenvalue weighted by Crippen LogP contribution is -2.38. The highest BCUT2D eigenvalue weighted by atomic mass is 16.2. The molecule has 25 heavy (non-hydrogen) atoms. The van der Waals surface area contributed by atoms with Crippen LogP contribution in [0.25, 0.3) is 0 Å². The number of nitrogens with one attached hydrogen (secondary N) is 1. The summed E-state index contributed by atoms with van der Waals surface area (Å²) in [7, 11) is 0. The molecule has 0 radical (unpaired) electrons. The number of hydrogen-bond donors (Lipinski definition) is 1. The molecule has 1 saturated heterocycles. The van der Waals surface area contributed by atoms with Gasteiger partial charge in [0.1, 0.15) is 0 Å². The van der Waals surface area contributed by atoms with E-state index in [2.05, 4.69) is 41.4 Å². The summed E-state index contributed by atoms with van der Waals surface area (Å²) < 4.78 is 0. The summed E-state index contributed by atoms with van der Waals surface area (Å²) in [6.07, 6.45) is 1.68. The summed E-state index contributed by atoms with van der Waals surface area (Å²) in [6.45, 7) is 5.38. The number of ketones is 1. The first-order valence-corrected chi connectivity index (χ1v) is 8.76. The van der Waals surface area contributed by atoms with Crippen LogP contribution in [0, 0.1) is 12.8 Å². The Morgan fingerprint density at radius 1 is 1.04 bits per heavy atom. The van der Waals surface area contributed by atoms with Crippen LogP contribution in [0.5, 0.6) is 0 Å². The summed E-state index contributed by atoms with van der Waals surface area (Å²) in [5.41, 5.74) is 3.79. The third-order valence-electron chi connectivity index (χ3n) is 4.80. The Labute approximate surface area is 148 Å². The largest absolute Gasteiger partial charge is 0.371 e. The number of carbonyl (C=O) groups is 2. The van der Waals surface area contributed by atoms with E-state index in [1.807, 2.05) is 6.07 Å². The fourth-order valence-corrected chi connectivity index (χ4v) is 3.22. The molecule has 0 aromatic heterocycles. The molecule has 1 N–H and O–H groups in total. The van der Waals surface area contributed by atoms with Crippen molar-refractivity contribution >= 4 is 23.1 Å². The maximum atomic E-state index is 12.5. The molecular formula is C21H24N2O2. The van der Waals surface area contributed by atoms with Gasteiger partial charge in [-0.1, -0.05) is 29.8 Å². The Bertz CT molecular complexity index is 760. The number of amides is 1. The SMILES string of the molecule is CC(=O)c1cccc(NC(=O)C2CCN(c3ccc(C)cc3)CC2)c1. The van der Waals surface area contributed by atoms with Crippen LogP contribution in [0.4, 0.5) is 11.4 Å². The molecule has 1 heterocycles. The first-order chi connectivity index (χ1) is 12.0. The highest BCUT2D eigenvalue weighted by molar-refractivity contribution is 5.97. The third kappa shape index (κ3) is 4.27. The van der Waals surface area contributed by atoms with Crippen molar-refractivity contribution in [1.82, 2.24) is 0 Å². The van der Waals surface area contributed by atoms with Gasteiger partial charge in [0, 0.05) is 35.9 Å². The Kier molecular flexibility index (Phi) is 5.17. The van der Waals surface area contributed by atoms with Crippen LogP contribution >= 0.6 is 0 Å². The van der Waals surface area contributed by atoms with E-state index in [1.54, 1.807) is 18.2 Å². The van der Waals surface area contributed by atoms with E-state index in [-0.39, 0.29) is 17.6 Å². The maximum absolute atomic E-state index is 12.5. The normalized spacial score (nSPS) is 15.0. The van der Waals surface area contributed by atoms with Crippen molar-refractivity contribution < 1.29 is 9.59 Å². The second-order valence-corrected chi connectivity index (χ2v) is 6.72. The first-order valence-electron chi connectivity index (χ1n) is 8.76. The first kappa shape index (κ1) is 17.2. The fourth-order valence-electron chi connectivity index (χ4n) is 3.22. The van der Waals surface area contributed by atoms with E-state index >= 15 is 0 Å². The van der Waals surface area contributed by atoms with Gasteiger partial charge in [-0.25, -0.2) is 0 Å². The molecule has 0 aliphatic carbocycles. The van der Waals surface area contributed by atoms with Crippen molar-refractivity contribution in [2.45, 2.75) is 26.7 Å². The lowest BCUT2D eigenvalue weighted by molar-refractivity contribution is -0.120. The van der Waals surface area contributed by atoms with Crippen LogP contribution in [0.2, 0.25) is 0 Å². The summed E-state index contributed by atoms with van der Waals surface area (Å²) >= 11 is 0. The molecule has 2 aromatic carbocycles. The van der Waals surface area contributed by atoms with Crippen molar-refractivity contribution in [2.75, 3.05) is 23.3 Å². The summed E-state index contributed by atoms with van der Waals surface area (Å²) in [6, 6.07) is 15.6. The molecule has 1 fully saturated rings. The number of nitrogens with zero attached hydrogens (tertiary/aromatic N) is 1. The monoisotopic (exact) mass is 336 g/mol. The zero-order chi connectivity index (χ0) is 17.8. The van der Waals surface area contributed by atoms with E-state index in [9.17, 15) is 9.59 Å². The fraction of sp³-hybridized carbons (Fsp3) is 0.333. The molecule has 0 atom stereocenters. The van der Waals surface area contributed by atoms with Crippen molar-refractivity contribution in [3.8, 4) is 0 Å². The second kappa shape index (κ2) is 7.51. The molecular weight excluding hydrogens is 312 g/mol. The zero-order valence-electron chi connectivity index (χ0n) is 14.8. The van der Waals surface area contributed by atoms with Gasteiger partial charge in [0.2, 0.25) is 5.91 Å². The number of rotatable bonds is 4. The molecule has 2 aromatic rings. The summed E-state index contributed by atoms with van der Waals surface area (Å²) in [4.78, 5) is 26.3. The zero-order valence-corrected chi connectivity index (χ0v) is 14.8. The average Bonchev–Trinajstić information content (AvgIpc) is 2.63. The number of carbonyl (C=O) groups excluding carboxylic acids is 2. The van der Waals surface area contributed by atoms with E-state index in [1.165, 1.54) is 18.2 Å². The van der Waals surface area contributed by atoms with Gasteiger partial charge in [0.05, 0.1) is 0 Å². The standard InChI is InChI=1S/C21H24N2O2/c1-15-6-8-20(9-7-15)23-12-10-17(11-13-23)21(25)22-19-5-3-4-18(14-19)16(2)24/h3-9,14,17H,10-13H2,1-2H3,(H,22,25). The second-order valence-electron chi connectivity index (χ2n) is 6.72. The molecule has 0 saturated carbocycles. The molecule has 1 aliphatic rings. The van der Waals surface area contributed by atoms with E-state index in [0.29, 0.717) is 11.3 Å². The molecule has 4 nitrogen and oxygen atoms in total. The van der Waals surface area contributed by atoms with Gasteiger partial charge in [0.25, 0.3) is 0 Å². The summed E-state index contributed by atoms with van der Waals surface area (Å²) in [5.74, 6) is 0.0643. The predicted molar refractivity (Wildman–Crippen MR) is 101 cm³/mol. The minimum Gasteiger partial charge on any atom is -0.371 e. The van der Waals surface area contributed by atoms with Crippen LogP contribution in [-0.2, 0) is 4.79 Å². The molecule has 0 unspecified atom stereocenters. The van der Waals surface area contributed by atoms with E-state index < -0.39 is 0 Å². The van der Waals surface area contributed by atoms with Gasteiger partial charge in [-0.3, -0.25) is 9.59 Å². The minimum atomic E-state index is 0.00232. The van der Waals surface area contributed by atoms with Gasteiger partial charge in [-0.2, -0.15) is 0 Å². The number of aryl methyl sites for hydroxylation is 1. The van der Waals surface area contributed by atoms with E-state index in [4.69, 9.17) is 0 Å². The van der Waals surface area contributed by atoms with Gasteiger partial charge in [-0.05, 0) is 51.0 Å². The van der Waals surface area contributed by atoms with E-state index in [0.717, 1.165) is 25.9 Å². The van der Waals surface area contributed by atoms with Crippen molar-refractivity contribution in [2.24, 2.45) is 5.92 Å². The molecule has 1 aliphatic heterocycles. The quantitative estimate of drug-likeness (QED) is 0.857. The van der Waals surface area contributed by atoms with Crippen molar-refractivity contribution in [3.63, 3.8) is 0 Å². The highest BCUT2D eigenvalue weighted by Gasteiger charge is 2.25. The lowest BCUT2D eigenvalue weighted by atomic mass is 9.95. The van der Waals surface area contributed by atoms with Crippen LogP contribution in [0.3, 0.4) is 0 Å². The van der Waals surface area contributed by atoms with Crippen LogP contribution < -0.4 is 10.2 Å². The predicted octanol–water partition coefficient (Wildman–Crippen LogP) is 4.05.